The molecule has 0 N–H and O–H groups in total. The van der Waals surface area contributed by atoms with Crippen LogP contribution in [0.4, 0.5) is 12.9 Å². The molecule has 1 saturated heterocycles. The summed E-state index contributed by atoms with van der Waals surface area (Å²) in [7, 11) is 0. The maximum atomic E-state index is 12.4. The van der Waals surface area contributed by atoms with Crippen molar-refractivity contribution in [2.75, 3.05) is 19.6 Å². The van der Waals surface area contributed by atoms with Crippen LogP contribution in [0.2, 0.25) is 5.82 Å². The number of hydrogen-bond acceptors (Lipinski definition) is 1. The van der Waals surface area contributed by atoms with E-state index in [4.69, 9.17) is 0 Å². The molecule has 1 heterocycles. The van der Waals surface area contributed by atoms with E-state index < -0.39 is 12.8 Å². The summed E-state index contributed by atoms with van der Waals surface area (Å²) in [5.41, 5.74) is 0. The van der Waals surface area contributed by atoms with Gasteiger partial charge >= 0.3 is 58.4 Å². The Labute approximate surface area is 132 Å². The van der Waals surface area contributed by atoms with Gasteiger partial charge in [0.15, 0.2) is 0 Å². The average Bonchev–Trinajstić information content (AvgIpc) is 2.88. The summed E-state index contributed by atoms with van der Waals surface area (Å²) in [6.07, 6.45) is 3.22. The Bertz CT molecular complexity index is 200. The molecule has 0 atom stereocenters. The smallest absolute Gasteiger partial charge is 0.449 e. The molecule has 2 rings (SSSR count). The second kappa shape index (κ2) is 5.87. The van der Waals surface area contributed by atoms with Gasteiger partial charge in [-0.05, 0) is 31.8 Å². The number of hydrogen-bond donors (Lipinski definition) is 0. The molecule has 2 aliphatic rings. The third-order valence-corrected chi connectivity index (χ3v) is 3.38. The monoisotopic (exact) mass is 245 g/mol. The van der Waals surface area contributed by atoms with E-state index in [1.54, 1.807) is 0 Å². The Kier molecular flexibility index (Phi) is 5.68. The summed E-state index contributed by atoms with van der Waals surface area (Å²) in [6, 6.07) is 0. The predicted molar refractivity (Wildman–Crippen MR) is 51.2 cm³/mol. The van der Waals surface area contributed by atoms with E-state index in [9.17, 15) is 12.9 Å². The Morgan fingerprint density at radius 1 is 1.00 bits per heavy atom. The summed E-state index contributed by atoms with van der Waals surface area (Å²) in [4.78, 5) is 2.20. The molecule has 1 aliphatic heterocycles. The van der Waals surface area contributed by atoms with Crippen LogP contribution >= 0.6 is 0 Å². The van der Waals surface area contributed by atoms with Gasteiger partial charge in [-0.25, -0.2) is 0 Å². The third kappa shape index (κ3) is 4.68. The molecule has 6 heteroatoms. The normalized spacial score (nSPS) is 25.0. The van der Waals surface area contributed by atoms with E-state index in [1.807, 2.05) is 0 Å². The van der Waals surface area contributed by atoms with Crippen LogP contribution in [-0.4, -0.2) is 31.5 Å². The molecular weight excluding hydrogens is 229 g/mol. The summed E-state index contributed by atoms with van der Waals surface area (Å²) in [6.45, 7) is -2.23. The standard InChI is InChI=1S/C9H16BF3N.K/c11-10(12,13)9-3-5-14(6-4-9)7-8-1-2-8;/h8-9H,1-7H2;/q-1;+1. The van der Waals surface area contributed by atoms with E-state index in [0.29, 0.717) is 25.9 Å². The molecule has 0 amide bonds. The van der Waals surface area contributed by atoms with Gasteiger partial charge in [-0.1, -0.05) is 18.7 Å². The number of rotatable bonds is 3. The van der Waals surface area contributed by atoms with Gasteiger partial charge in [0.05, 0.1) is 0 Å². The molecule has 15 heavy (non-hydrogen) atoms. The van der Waals surface area contributed by atoms with Crippen molar-refractivity contribution in [2.24, 2.45) is 5.92 Å². The summed E-state index contributed by atoms with van der Waals surface area (Å²) < 4.78 is 37.2. The Hall–Kier alpha value is 1.45. The zero-order valence-electron chi connectivity index (χ0n) is 9.26. The minimum Gasteiger partial charge on any atom is -0.449 e. The van der Waals surface area contributed by atoms with Crippen LogP contribution in [0.3, 0.4) is 0 Å². The first-order valence-electron chi connectivity index (χ1n) is 5.48. The van der Waals surface area contributed by atoms with Gasteiger partial charge < -0.3 is 17.8 Å². The SMILES string of the molecule is F[B-](F)(F)C1CCN(CC2CC2)CC1.[K+]. The largest absolute Gasteiger partial charge is 1.00 e. The van der Waals surface area contributed by atoms with Crippen LogP contribution in [0.25, 0.3) is 0 Å². The number of halogens is 3. The molecule has 82 valence electrons. The zero-order chi connectivity index (χ0) is 10.2. The fourth-order valence-corrected chi connectivity index (χ4v) is 2.18. The van der Waals surface area contributed by atoms with Gasteiger partial charge in [-0.15, -0.1) is 0 Å². The molecule has 0 unspecified atom stereocenters. The van der Waals surface area contributed by atoms with E-state index in [2.05, 4.69) is 4.90 Å². The van der Waals surface area contributed by atoms with E-state index in [0.717, 1.165) is 12.5 Å². The van der Waals surface area contributed by atoms with E-state index >= 15 is 0 Å². The fraction of sp³-hybridized carbons (Fsp3) is 1.00. The molecular formula is C9H16BF3KN. The molecule has 0 radical (unpaired) electrons. The Balaban J connectivity index is 0.00000112. The maximum Gasteiger partial charge on any atom is 1.00 e. The summed E-state index contributed by atoms with van der Waals surface area (Å²) in [5, 5.41) is 0. The van der Waals surface area contributed by atoms with Crippen molar-refractivity contribution >= 4 is 6.98 Å². The van der Waals surface area contributed by atoms with Crippen LogP contribution in [0, 0.1) is 5.92 Å². The van der Waals surface area contributed by atoms with Crippen molar-refractivity contribution in [1.29, 1.82) is 0 Å². The quantitative estimate of drug-likeness (QED) is 0.618. The van der Waals surface area contributed by atoms with Crippen molar-refractivity contribution in [3.05, 3.63) is 0 Å². The van der Waals surface area contributed by atoms with Crippen LogP contribution in [0.5, 0.6) is 0 Å². The van der Waals surface area contributed by atoms with Crippen molar-refractivity contribution in [3.63, 3.8) is 0 Å². The molecule has 0 aromatic heterocycles. The average molecular weight is 245 g/mol. The minimum atomic E-state index is -4.58. The molecule has 1 saturated carbocycles. The number of piperidine rings is 1. The summed E-state index contributed by atoms with van der Waals surface area (Å²) in [5.74, 6) is -0.187. The van der Waals surface area contributed by atoms with Gasteiger partial charge in [-0.2, -0.15) is 0 Å². The zero-order valence-corrected chi connectivity index (χ0v) is 12.4. The first kappa shape index (κ1) is 14.5. The fourth-order valence-electron chi connectivity index (χ4n) is 2.18. The van der Waals surface area contributed by atoms with Gasteiger partial charge in [0.25, 0.3) is 0 Å². The van der Waals surface area contributed by atoms with Crippen molar-refractivity contribution in [1.82, 2.24) is 4.90 Å². The van der Waals surface area contributed by atoms with Crippen LogP contribution in [-0.2, 0) is 0 Å². The molecule has 1 aliphatic carbocycles. The predicted octanol–water partition coefficient (Wildman–Crippen LogP) is -0.286. The van der Waals surface area contributed by atoms with Crippen molar-refractivity contribution in [2.45, 2.75) is 31.5 Å². The molecule has 0 bridgehead atoms. The number of nitrogens with zero attached hydrogens (tertiary/aromatic N) is 1. The molecule has 0 spiro atoms. The van der Waals surface area contributed by atoms with Crippen LogP contribution in [0.1, 0.15) is 25.7 Å². The Morgan fingerprint density at radius 2 is 1.53 bits per heavy atom. The van der Waals surface area contributed by atoms with Gasteiger partial charge in [-0.3, -0.25) is 0 Å². The topological polar surface area (TPSA) is 3.24 Å². The van der Waals surface area contributed by atoms with Gasteiger partial charge in [0, 0.05) is 6.54 Å². The second-order valence-corrected chi connectivity index (χ2v) is 4.71. The minimum absolute atomic E-state index is 0. The molecule has 2 fully saturated rings. The van der Waals surface area contributed by atoms with Crippen molar-refractivity contribution in [3.8, 4) is 0 Å². The van der Waals surface area contributed by atoms with Gasteiger partial charge in [0.2, 0.25) is 0 Å². The second-order valence-electron chi connectivity index (χ2n) is 4.71. The molecule has 0 aromatic rings. The Morgan fingerprint density at radius 3 is 1.93 bits per heavy atom. The number of likely N-dealkylation sites (tertiary alicyclic amines) is 1. The van der Waals surface area contributed by atoms with Crippen LogP contribution in [0.15, 0.2) is 0 Å². The summed E-state index contributed by atoms with van der Waals surface area (Å²) >= 11 is 0. The third-order valence-electron chi connectivity index (χ3n) is 3.38. The van der Waals surface area contributed by atoms with E-state index in [-0.39, 0.29) is 51.4 Å². The molecule has 1 nitrogen and oxygen atoms in total. The van der Waals surface area contributed by atoms with Gasteiger partial charge in [0.1, 0.15) is 0 Å². The van der Waals surface area contributed by atoms with Crippen molar-refractivity contribution < 1.29 is 64.3 Å². The molecule has 0 aromatic carbocycles. The first-order chi connectivity index (χ1) is 6.55. The van der Waals surface area contributed by atoms with Crippen LogP contribution < -0.4 is 51.4 Å². The maximum absolute atomic E-state index is 12.4. The van der Waals surface area contributed by atoms with E-state index in [1.165, 1.54) is 12.8 Å². The first-order valence-corrected chi connectivity index (χ1v) is 5.48.